The number of rotatable bonds is 13. The van der Waals surface area contributed by atoms with E-state index in [1.54, 1.807) is 43.7 Å². The number of carbonyl (C=O) groups is 1. The average Bonchev–Trinajstić information content (AvgIpc) is 2.94. The maximum absolute atomic E-state index is 13.6. The van der Waals surface area contributed by atoms with Crippen molar-refractivity contribution in [2.75, 3.05) is 27.2 Å². The van der Waals surface area contributed by atoms with Crippen molar-refractivity contribution in [1.29, 1.82) is 0 Å². The minimum Gasteiger partial charge on any atom is -0.497 e. The van der Waals surface area contributed by atoms with E-state index >= 15 is 0 Å². The van der Waals surface area contributed by atoms with Crippen LogP contribution in [0.3, 0.4) is 0 Å². The molecule has 3 atom stereocenters. The Kier molecular flexibility index (Phi) is 11.0. The number of aliphatic hydroxyl groups excluding tert-OH is 1. The summed E-state index contributed by atoms with van der Waals surface area (Å²) in [5.41, 5.74) is 1.70. The van der Waals surface area contributed by atoms with Crippen LogP contribution in [-0.4, -0.2) is 68.3 Å². The van der Waals surface area contributed by atoms with Gasteiger partial charge in [-0.2, -0.15) is 9.10 Å². The maximum Gasteiger partial charge on any atom is 0.514 e. The van der Waals surface area contributed by atoms with Crippen LogP contribution in [0.1, 0.15) is 25.0 Å². The Bertz CT molecular complexity index is 1270. The largest absolute Gasteiger partial charge is 0.514 e. The molecular weight excluding hydrogens is 518 g/mol. The van der Waals surface area contributed by atoms with Crippen molar-refractivity contribution in [3.63, 3.8) is 0 Å². The highest BCUT2D eigenvalue weighted by atomic mass is 32.2. The van der Waals surface area contributed by atoms with Crippen molar-refractivity contribution < 1.29 is 32.7 Å². The Balaban J connectivity index is 1.84. The zero-order chi connectivity index (χ0) is 28.4. The number of benzene rings is 2. The highest BCUT2D eigenvalue weighted by Gasteiger charge is 2.37. The van der Waals surface area contributed by atoms with Gasteiger partial charge < -0.3 is 14.6 Å². The molecule has 1 heterocycles. The average molecular weight is 557 g/mol. The summed E-state index contributed by atoms with van der Waals surface area (Å²) in [6.07, 6.45) is 1.88. The highest BCUT2D eigenvalue weighted by molar-refractivity contribution is 7.89. The Morgan fingerprint density at radius 2 is 1.62 bits per heavy atom. The number of hydrogen-bond acceptors (Lipinski definition) is 7. The van der Waals surface area contributed by atoms with Gasteiger partial charge in [-0.15, -0.1) is 0 Å². The lowest BCUT2D eigenvalue weighted by Gasteiger charge is -2.31. The number of sulfonamides is 1. The molecule has 10 heteroatoms. The van der Waals surface area contributed by atoms with Crippen molar-refractivity contribution in [3.8, 4) is 5.75 Å². The maximum atomic E-state index is 13.6. The van der Waals surface area contributed by atoms with Crippen LogP contribution in [0.5, 0.6) is 5.75 Å². The minimum atomic E-state index is -3.93. The third kappa shape index (κ3) is 8.59. The number of ether oxygens (including phenoxy) is 2. The van der Waals surface area contributed by atoms with E-state index < -0.39 is 28.3 Å². The summed E-state index contributed by atoms with van der Waals surface area (Å²) in [6, 6.07) is 18.5. The number of hydrogen-bond donors (Lipinski definition) is 2. The van der Waals surface area contributed by atoms with Gasteiger partial charge in [0.15, 0.2) is 0 Å². The van der Waals surface area contributed by atoms with E-state index in [1.165, 1.54) is 23.5 Å². The number of nitrogens with one attached hydrogen (secondary N) is 1. The first-order chi connectivity index (χ1) is 18.6. The van der Waals surface area contributed by atoms with E-state index in [0.717, 1.165) is 11.1 Å². The van der Waals surface area contributed by atoms with Gasteiger partial charge in [-0.05, 0) is 53.4 Å². The summed E-state index contributed by atoms with van der Waals surface area (Å²) in [6.45, 7) is 3.92. The van der Waals surface area contributed by atoms with E-state index in [2.05, 4.69) is 4.98 Å². The van der Waals surface area contributed by atoms with Gasteiger partial charge >= 0.3 is 6.09 Å². The lowest BCUT2D eigenvalue weighted by atomic mass is 10.00. The molecule has 0 aliphatic rings. The third-order valence-electron chi connectivity index (χ3n) is 6.42. The molecule has 0 bridgehead atoms. The molecule has 2 aromatic carbocycles. The number of methoxy groups -OCH3 is 1. The van der Waals surface area contributed by atoms with E-state index in [1.807, 2.05) is 44.2 Å². The number of likely N-dealkylation sites (N-methyl/N-ethyl adjacent to an activating group) is 1. The molecular formula is C29H38N3O6S+. The topological polar surface area (TPSA) is 110 Å². The first-order valence-electron chi connectivity index (χ1n) is 12.9. The monoisotopic (exact) mass is 556 g/mol. The van der Waals surface area contributed by atoms with Crippen LogP contribution < -0.4 is 9.64 Å². The number of pyridine rings is 1. The smallest absolute Gasteiger partial charge is 0.497 e. The van der Waals surface area contributed by atoms with E-state index in [4.69, 9.17) is 9.47 Å². The molecule has 1 amide bonds. The number of amides is 1. The molecule has 0 spiro atoms. The fourth-order valence-electron chi connectivity index (χ4n) is 4.25. The zero-order valence-electron chi connectivity index (χ0n) is 22.9. The predicted molar refractivity (Wildman–Crippen MR) is 148 cm³/mol. The fraction of sp³-hybridized carbons (Fsp3) is 0.379. The van der Waals surface area contributed by atoms with Gasteiger partial charge in [0.2, 0.25) is 10.0 Å². The molecule has 0 saturated carbocycles. The molecule has 39 heavy (non-hydrogen) atoms. The van der Waals surface area contributed by atoms with Crippen LogP contribution in [0, 0.1) is 5.92 Å². The Hall–Kier alpha value is -3.31. The summed E-state index contributed by atoms with van der Waals surface area (Å²) in [4.78, 5) is 17.5. The van der Waals surface area contributed by atoms with Crippen LogP contribution in [-0.2, 0) is 27.8 Å². The number of nitrogens with zero attached hydrogens (tertiary/aromatic N) is 2. The number of aromatic nitrogens is 1. The highest BCUT2D eigenvalue weighted by Crippen LogP contribution is 2.21. The SMILES string of the molecule is COc1ccc(S(=O)(=O)N(CC(C)C)C[C@@H](O)[C@H](Cc2ccccc2)[NH+](C)C(=O)OCc2ccncc2)cc1. The number of quaternary nitrogens is 1. The van der Waals surface area contributed by atoms with Crippen LogP contribution >= 0.6 is 0 Å². The summed E-state index contributed by atoms with van der Waals surface area (Å²) in [7, 11) is -0.780. The Morgan fingerprint density at radius 1 is 0.974 bits per heavy atom. The van der Waals surface area contributed by atoms with Crippen molar-refractivity contribution in [2.45, 2.75) is 43.9 Å². The Labute approximate surface area is 231 Å². The van der Waals surface area contributed by atoms with Crippen molar-refractivity contribution in [3.05, 3.63) is 90.3 Å². The standard InChI is InChI=1S/C29H37N3O6S/c1-22(2)19-32(39(35,36)26-12-10-25(37-4)11-13-26)20-28(33)27(18-23-8-6-5-7-9-23)31(3)29(34)38-21-24-14-16-30-17-15-24/h5-17,22,27-28,33H,18-21H2,1-4H3/p+1/t27-,28+/m0/s1. The Morgan fingerprint density at radius 3 is 2.21 bits per heavy atom. The molecule has 0 saturated heterocycles. The van der Waals surface area contributed by atoms with Gasteiger partial charge in [0, 0.05) is 31.9 Å². The van der Waals surface area contributed by atoms with Crippen LogP contribution in [0.25, 0.3) is 0 Å². The van der Waals surface area contributed by atoms with Gasteiger partial charge in [-0.25, -0.2) is 13.3 Å². The first-order valence-corrected chi connectivity index (χ1v) is 14.3. The number of alkyl carbamates (subject to hydrolysis) is 2. The van der Waals surface area contributed by atoms with Gasteiger partial charge in [0.25, 0.3) is 0 Å². The summed E-state index contributed by atoms with van der Waals surface area (Å²) in [5.74, 6) is 0.552. The number of aliphatic hydroxyl groups is 1. The second kappa shape index (κ2) is 14.2. The van der Waals surface area contributed by atoms with Crippen molar-refractivity contribution in [2.24, 2.45) is 5.92 Å². The second-order valence-corrected chi connectivity index (χ2v) is 11.8. The molecule has 0 aliphatic heterocycles. The van der Waals surface area contributed by atoms with Crippen LogP contribution in [0.2, 0.25) is 0 Å². The molecule has 0 radical (unpaired) electrons. The van der Waals surface area contributed by atoms with Gasteiger partial charge in [0.1, 0.15) is 24.5 Å². The third-order valence-corrected chi connectivity index (χ3v) is 8.26. The van der Waals surface area contributed by atoms with Gasteiger partial charge in [0.05, 0.1) is 19.1 Å². The quantitative estimate of drug-likeness (QED) is 0.333. The molecule has 210 valence electrons. The molecule has 3 rings (SSSR count). The summed E-state index contributed by atoms with van der Waals surface area (Å²) in [5, 5.41) is 11.5. The second-order valence-electron chi connectivity index (χ2n) is 9.87. The molecule has 1 aromatic heterocycles. The number of carbonyl (C=O) groups excluding carboxylic acids is 1. The molecule has 9 nitrogen and oxygen atoms in total. The van der Waals surface area contributed by atoms with Gasteiger partial charge in [-0.1, -0.05) is 44.2 Å². The first kappa shape index (κ1) is 30.2. The van der Waals surface area contributed by atoms with E-state index in [9.17, 15) is 18.3 Å². The van der Waals surface area contributed by atoms with Crippen LogP contribution in [0.15, 0.2) is 84.0 Å². The predicted octanol–water partition coefficient (Wildman–Crippen LogP) is 2.56. The van der Waals surface area contributed by atoms with E-state index in [0.29, 0.717) is 17.1 Å². The normalized spacial score (nSPS) is 14.1. The summed E-state index contributed by atoms with van der Waals surface area (Å²) < 4.78 is 39.2. The van der Waals surface area contributed by atoms with E-state index in [-0.39, 0.29) is 30.5 Å². The molecule has 0 aliphatic carbocycles. The molecule has 0 fully saturated rings. The van der Waals surface area contributed by atoms with Crippen molar-refractivity contribution in [1.82, 2.24) is 9.29 Å². The van der Waals surface area contributed by atoms with Crippen LogP contribution in [0.4, 0.5) is 4.79 Å². The zero-order valence-corrected chi connectivity index (χ0v) is 23.7. The van der Waals surface area contributed by atoms with Gasteiger partial charge in [-0.3, -0.25) is 4.98 Å². The molecule has 2 N–H and O–H groups in total. The fourth-order valence-corrected chi connectivity index (χ4v) is 5.87. The lowest BCUT2D eigenvalue weighted by Crippen LogP contribution is -3.17. The van der Waals surface area contributed by atoms with Crippen molar-refractivity contribution >= 4 is 16.1 Å². The molecule has 3 aromatic rings. The summed E-state index contributed by atoms with van der Waals surface area (Å²) >= 11 is 0. The lowest BCUT2D eigenvalue weighted by molar-refractivity contribution is -0.835. The minimum absolute atomic E-state index is 0.00759. The molecule has 1 unspecified atom stereocenters.